The first kappa shape index (κ1) is 13.1. The molecular weight excluding hydrogens is 234 g/mol. The number of benzene rings is 1. The number of halogens is 2. The summed E-state index contributed by atoms with van der Waals surface area (Å²) in [7, 11) is 0. The van der Waals surface area contributed by atoms with E-state index in [0.717, 1.165) is 12.1 Å². The number of hydrogen-bond acceptors (Lipinski definition) is 2. The monoisotopic (exact) mass is 244 g/mol. The minimum Gasteiger partial charge on any atom is -0.481 e. The minimum atomic E-state index is -1.73. The van der Waals surface area contributed by atoms with E-state index in [1.54, 1.807) is 0 Å². The molecular formula is C11H10F2O4. The quantitative estimate of drug-likeness (QED) is 0.848. The first-order chi connectivity index (χ1) is 7.82. The van der Waals surface area contributed by atoms with Gasteiger partial charge in [0.2, 0.25) is 0 Å². The molecule has 92 valence electrons. The van der Waals surface area contributed by atoms with Gasteiger partial charge in [-0.25, -0.2) is 8.78 Å². The van der Waals surface area contributed by atoms with Crippen molar-refractivity contribution in [2.24, 2.45) is 0 Å². The summed E-state index contributed by atoms with van der Waals surface area (Å²) in [6, 6.07) is 1.94. The SMILES string of the molecule is Cc1cc(F)c(C(CC(=O)O)C(=O)O)c(F)c1. The lowest BCUT2D eigenvalue weighted by Gasteiger charge is -2.13. The topological polar surface area (TPSA) is 74.6 Å². The lowest BCUT2D eigenvalue weighted by molar-refractivity contribution is -0.145. The Morgan fingerprint density at radius 1 is 1.24 bits per heavy atom. The Hall–Kier alpha value is -1.98. The fraction of sp³-hybridized carbons (Fsp3) is 0.273. The van der Waals surface area contributed by atoms with Crippen LogP contribution in [0.15, 0.2) is 12.1 Å². The molecule has 0 aromatic heterocycles. The third-order valence-electron chi connectivity index (χ3n) is 2.25. The number of aryl methyl sites for hydroxylation is 1. The first-order valence-corrected chi connectivity index (χ1v) is 4.73. The van der Waals surface area contributed by atoms with E-state index < -0.39 is 41.5 Å². The predicted molar refractivity (Wildman–Crippen MR) is 53.7 cm³/mol. The largest absolute Gasteiger partial charge is 0.481 e. The summed E-state index contributed by atoms with van der Waals surface area (Å²) in [5.74, 6) is -6.83. The normalized spacial score (nSPS) is 12.2. The lowest BCUT2D eigenvalue weighted by atomic mass is 9.94. The molecule has 1 unspecified atom stereocenters. The molecule has 0 saturated carbocycles. The number of aliphatic carboxylic acids is 2. The second-order valence-corrected chi connectivity index (χ2v) is 3.63. The Balaban J connectivity index is 3.28. The van der Waals surface area contributed by atoms with Gasteiger partial charge in [0.15, 0.2) is 0 Å². The van der Waals surface area contributed by atoms with Gasteiger partial charge in [-0.3, -0.25) is 9.59 Å². The lowest BCUT2D eigenvalue weighted by Crippen LogP contribution is -2.18. The van der Waals surface area contributed by atoms with Crippen LogP contribution in [0.25, 0.3) is 0 Å². The van der Waals surface area contributed by atoms with E-state index >= 15 is 0 Å². The van der Waals surface area contributed by atoms with Crippen LogP contribution in [0.4, 0.5) is 8.78 Å². The molecule has 1 aromatic carbocycles. The molecule has 0 aliphatic heterocycles. The van der Waals surface area contributed by atoms with E-state index in [2.05, 4.69) is 0 Å². The van der Waals surface area contributed by atoms with Gasteiger partial charge in [-0.05, 0) is 24.6 Å². The zero-order valence-corrected chi connectivity index (χ0v) is 8.91. The summed E-state index contributed by atoms with van der Waals surface area (Å²) in [5.41, 5.74) is -0.422. The van der Waals surface area contributed by atoms with Crippen molar-refractivity contribution in [3.8, 4) is 0 Å². The zero-order valence-electron chi connectivity index (χ0n) is 8.91. The van der Waals surface area contributed by atoms with Crippen molar-refractivity contribution in [3.05, 3.63) is 34.9 Å². The first-order valence-electron chi connectivity index (χ1n) is 4.73. The summed E-state index contributed by atoms with van der Waals surface area (Å²) < 4.78 is 27.0. The summed E-state index contributed by atoms with van der Waals surface area (Å²) in [4.78, 5) is 21.3. The van der Waals surface area contributed by atoms with Crippen molar-refractivity contribution in [1.82, 2.24) is 0 Å². The van der Waals surface area contributed by atoms with Crippen LogP contribution in [0.1, 0.15) is 23.5 Å². The van der Waals surface area contributed by atoms with Gasteiger partial charge in [-0.1, -0.05) is 0 Å². The molecule has 0 spiro atoms. The van der Waals surface area contributed by atoms with Crippen molar-refractivity contribution in [2.45, 2.75) is 19.3 Å². The van der Waals surface area contributed by atoms with Crippen LogP contribution in [-0.4, -0.2) is 22.2 Å². The van der Waals surface area contributed by atoms with Gasteiger partial charge >= 0.3 is 11.9 Å². The maximum Gasteiger partial charge on any atom is 0.311 e. The number of carbonyl (C=O) groups is 2. The minimum absolute atomic E-state index is 0.295. The van der Waals surface area contributed by atoms with Crippen molar-refractivity contribution in [2.75, 3.05) is 0 Å². The van der Waals surface area contributed by atoms with Crippen LogP contribution in [0.5, 0.6) is 0 Å². The van der Waals surface area contributed by atoms with Crippen LogP contribution in [0.2, 0.25) is 0 Å². The molecule has 4 nitrogen and oxygen atoms in total. The highest BCUT2D eigenvalue weighted by atomic mass is 19.1. The van der Waals surface area contributed by atoms with Gasteiger partial charge in [-0.2, -0.15) is 0 Å². The second kappa shape index (κ2) is 4.90. The average molecular weight is 244 g/mol. The molecule has 0 bridgehead atoms. The number of rotatable bonds is 4. The van der Waals surface area contributed by atoms with Crippen LogP contribution < -0.4 is 0 Å². The number of carboxylic acid groups (broad SMARTS) is 2. The Morgan fingerprint density at radius 2 is 1.71 bits per heavy atom. The molecule has 6 heteroatoms. The van der Waals surface area contributed by atoms with Crippen LogP contribution in [-0.2, 0) is 9.59 Å². The Bertz CT molecular complexity index is 448. The highest BCUT2D eigenvalue weighted by Gasteiger charge is 2.29. The van der Waals surface area contributed by atoms with E-state index in [-0.39, 0.29) is 0 Å². The van der Waals surface area contributed by atoms with E-state index in [1.165, 1.54) is 6.92 Å². The Kier molecular flexibility index (Phi) is 3.77. The van der Waals surface area contributed by atoms with E-state index in [1.807, 2.05) is 0 Å². The molecule has 1 atom stereocenters. The summed E-state index contributed by atoms with van der Waals surface area (Å²) in [5, 5.41) is 17.3. The third kappa shape index (κ3) is 2.99. The molecule has 1 rings (SSSR count). The molecule has 0 fully saturated rings. The molecule has 2 N–H and O–H groups in total. The molecule has 0 aliphatic carbocycles. The van der Waals surface area contributed by atoms with E-state index in [9.17, 15) is 18.4 Å². The summed E-state index contributed by atoms with van der Waals surface area (Å²) in [6.45, 7) is 1.45. The van der Waals surface area contributed by atoms with Crippen LogP contribution >= 0.6 is 0 Å². The molecule has 0 radical (unpaired) electrons. The second-order valence-electron chi connectivity index (χ2n) is 3.63. The van der Waals surface area contributed by atoms with Gasteiger partial charge in [0.1, 0.15) is 11.6 Å². The molecule has 0 amide bonds. The maximum atomic E-state index is 13.5. The average Bonchev–Trinajstić information content (AvgIpc) is 2.13. The highest BCUT2D eigenvalue weighted by molar-refractivity contribution is 5.82. The highest BCUT2D eigenvalue weighted by Crippen LogP contribution is 2.27. The summed E-state index contributed by atoms with van der Waals surface area (Å²) in [6.07, 6.45) is -0.869. The van der Waals surface area contributed by atoms with Gasteiger partial charge in [0, 0.05) is 5.56 Å². The van der Waals surface area contributed by atoms with E-state index in [4.69, 9.17) is 10.2 Å². The number of hydrogen-bond donors (Lipinski definition) is 2. The van der Waals surface area contributed by atoms with Crippen molar-refractivity contribution >= 4 is 11.9 Å². The van der Waals surface area contributed by atoms with Gasteiger partial charge in [-0.15, -0.1) is 0 Å². The Labute approximate surface area is 95.5 Å². The summed E-state index contributed by atoms with van der Waals surface area (Å²) >= 11 is 0. The van der Waals surface area contributed by atoms with E-state index in [0.29, 0.717) is 5.56 Å². The molecule has 0 aliphatic rings. The van der Waals surface area contributed by atoms with Gasteiger partial charge < -0.3 is 10.2 Å². The molecule has 17 heavy (non-hydrogen) atoms. The molecule has 1 aromatic rings. The van der Waals surface area contributed by atoms with Crippen LogP contribution in [0, 0.1) is 18.6 Å². The maximum absolute atomic E-state index is 13.5. The Morgan fingerprint density at radius 3 is 2.06 bits per heavy atom. The smallest absolute Gasteiger partial charge is 0.311 e. The van der Waals surface area contributed by atoms with Gasteiger partial charge in [0.05, 0.1) is 12.3 Å². The fourth-order valence-electron chi connectivity index (χ4n) is 1.53. The van der Waals surface area contributed by atoms with Crippen molar-refractivity contribution < 1.29 is 28.6 Å². The molecule has 0 heterocycles. The third-order valence-corrected chi connectivity index (χ3v) is 2.25. The van der Waals surface area contributed by atoms with Crippen molar-refractivity contribution in [3.63, 3.8) is 0 Å². The number of carboxylic acids is 2. The molecule has 0 saturated heterocycles. The zero-order chi connectivity index (χ0) is 13.2. The standard InChI is InChI=1S/C11H10F2O4/c1-5-2-7(12)10(8(13)3-5)6(11(16)17)4-9(14)15/h2-3,6H,4H2,1H3,(H,14,15)(H,16,17). The fourth-order valence-corrected chi connectivity index (χ4v) is 1.53. The van der Waals surface area contributed by atoms with Crippen LogP contribution in [0.3, 0.4) is 0 Å². The van der Waals surface area contributed by atoms with Gasteiger partial charge in [0.25, 0.3) is 0 Å². The predicted octanol–water partition coefficient (Wildman–Crippen LogP) is 1.92. The van der Waals surface area contributed by atoms with Crippen molar-refractivity contribution in [1.29, 1.82) is 0 Å².